The molecule has 1 saturated carbocycles. The minimum Gasteiger partial charge on any atom is -0.548 e. The minimum atomic E-state index is -1.48. The van der Waals surface area contributed by atoms with Crippen LogP contribution in [0.25, 0.3) is 0 Å². The molecule has 1 amide bonds. The summed E-state index contributed by atoms with van der Waals surface area (Å²) in [5.41, 5.74) is -0.829. The van der Waals surface area contributed by atoms with Gasteiger partial charge in [-0.2, -0.15) is 0 Å². The van der Waals surface area contributed by atoms with Crippen molar-refractivity contribution in [2.45, 2.75) is 44.8 Å². The third kappa shape index (κ3) is 3.34. The maximum Gasteiger partial charge on any atom is 1.00 e. The number of carbonyl (C=O) groups excluding carboxylic acids is 2. The Morgan fingerprint density at radius 1 is 1.55 bits per heavy atom. The summed E-state index contributed by atoms with van der Waals surface area (Å²) in [5.74, 6) is -1.20. The van der Waals surface area contributed by atoms with Gasteiger partial charge in [0, 0.05) is 24.8 Å². The zero-order chi connectivity index (χ0) is 14.2. The second-order valence-electron chi connectivity index (χ2n) is 4.96. The number of carboxylic acid groups (broad SMARTS) is 1. The summed E-state index contributed by atoms with van der Waals surface area (Å²) >= 11 is 0. The van der Waals surface area contributed by atoms with Crippen LogP contribution < -0.4 is 61.8 Å². The molecule has 1 heterocycles. The van der Waals surface area contributed by atoms with Gasteiger partial charge in [0.25, 0.3) is 5.91 Å². The van der Waals surface area contributed by atoms with Crippen LogP contribution in [-0.2, 0) is 11.2 Å². The standard InChI is InChI=1S/C13H17NO5.K/c1-3-9-4-7(2)10(19-9)11(16)14-13(12(17)18)5-8(15)6-13;/h4,8,15H,3,5-6H2,1-2H3,(H,14,16)(H,17,18);/q;+1/p-1. The van der Waals surface area contributed by atoms with Crippen molar-refractivity contribution in [3.8, 4) is 0 Å². The molecule has 1 aromatic heterocycles. The van der Waals surface area contributed by atoms with Crippen LogP contribution in [0.2, 0.25) is 0 Å². The van der Waals surface area contributed by atoms with Crippen LogP contribution in [0.3, 0.4) is 0 Å². The van der Waals surface area contributed by atoms with E-state index in [2.05, 4.69) is 5.32 Å². The van der Waals surface area contributed by atoms with Crippen LogP contribution in [0.4, 0.5) is 0 Å². The fourth-order valence-corrected chi connectivity index (χ4v) is 2.29. The van der Waals surface area contributed by atoms with E-state index in [1.807, 2.05) is 6.92 Å². The predicted molar refractivity (Wildman–Crippen MR) is 63.3 cm³/mol. The van der Waals surface area contributed by atoms with Crippen LogP contribution in [-0.4, -0.2) is 28.6 Å². The molecule has 0 saturated heterocycles. The first-order valence-corrected chi connectivity index (χ1v) is 6.19. The van der Waals surface area contributed by atoms with Crippen molar-refractivity contribution in [1.29, 1.82) is 0 Å². The number of aliphatic hydroxyl groups is 1. The Bertz CT molecular complexity index is 519. The van der Waals surface area contributed by atoms with E-state index >= 15 is 0 Å². The molecule has 6 nitrogen and oxygen atoms in total. The zero-order valence-electron chi connectivity index (χ0n) is 11.9. The monoisotopic (exact) mass is 305 g/mol. The Labute approximate surface area is 159 Å². The molecule has 0 bridgehead atoms. The average Bonchev–Trinajstić information content (AvgIpc) is 2.67. The number of hydrogen-bond acceptors (Lipinski definition) is 5. The Kier molecular flexibility index (Phi) is 6.00. The maximum atomic E-state index is 12.0. The molecular weight excluding hydrogens is 289 g/mol. The molecule has 0 spiro atoms. The van der Waals surface area contributed by atoms with E-state index in [1.54, 1.807) is 13.0 Å². The van der Waals surface area contributed by atoms with Crippen LogP contribution in [0.15, 0.2) is 10.5 Å². The van der Waals surface area contributed by atoms with E-state index in [0.717, 1.165) is 0 Å². The Balaban J connectivity index is 0.00000200. The van der Waals surface area contributed by atoms with Gasteiger partial charge in [-0.25, -0.2) is 0 Å². The van der Waals surface area contributed by atoms with Gasteiger partial charge in [-0.1, -0.05) is 6.92 Å². The van der Waals surface area contributed by atoms with E-state index in [9.17, 15) is 19.8 Å². The van der Waals surface area contributed by atoms with Crippen molar-refractivity contribution in [3.05, 3.63) is 23.2 Å². The van der Waals surface area contributed by atoms with Crippen molar-refractivity contribution in [2.24, 2.45) is 0 Å². The second kappa shape index (κ2) is 6.72. The number of aryl methyl sites for hydroxylation is 2. The molecule has 1 aliphatic carbocycles. The number of carboxylic acids is 1. The smallest absolute Gasteiger partial charge is 0.548 e. The van der Waals surface area contributed by atoms with E-state index in [4.69, 9.17) is 4.42 Å². The van der Waals surface area contributed by atoms with Crippen molar-refractivity contribution in [1.82, 2.24) is 5.32 Å². The first-order chi connectivity index (χ1) is 8.88. The van der Waals surface area contributed by atoms with E-state index in [1.165, 1.54) is 0 Å². The third-order valence-electron chi connectivity index (χ3n) is 3.44. The summed E-state index contributed by atoms with van der Waals surface area (Å²) in [6.07, 6.45) is -0.149. The molecule has 104 valence electrons. The number of aliphatic hydroxyl groups excluding tert-OH is 1. The maximum absolute atomic E-state index is 12.0. The van der Waals surface area contributed by atoms with Crippen LogP contribution >= 0.6 is 0 Å². The van der Waals surface area contributed by atoms with E-state index in [0.29, 0.717) is 17.7 Å². The molecule has 0 aliphatic heterocycles. The largest absolute Gasteiger partial charge is 1.00 e. The van der Waals surface area contributed by atoms with Crippen molar-refractivity contribution < 1.29 is 75.6 Å². The summed E-state index contributed by atoms with van der Waals surface area (Å²) in [7, 11) is 0. The molecular formula is C13H16KNO5. The van der Waals surface area contributed by atoms with Gasteiger partial charge in [-0.15, -0.1) is 0 Å². The topological polar surface area (TPSA) is 103 Å². The van der Waals surface area contributed by atoms with E-state index < -0.39 is 23.5 Å². The van der Waals surface area contributed by atoms with Gasteiger partial charge in [0.15, 0.2) is 5.76 Å². The first-order valence-electron chi connectivity index (χ1n) is 6.19. The van der Waals surface area contributed by atoms with Gasteiger partial charge in [-0.3, -0.25) is 4.79 Å². The third-order valence-corrected chi connectivity index (χ3v) is 3.44. The Morgan fingerprint density at radius 3 is 2.55 bits per heavy atom. The fraction of sp³-hybridized carbons (Fsp3) is 0.538. The number of amides is 1. The molecule has 1 aliphatic rings. The molecule has 0 radical (unpaired) electrons. The van der Waals surface area contributed by atoms with E-state index in [-0.39, 0.29) is 70.0 Å². The SMILES string of the molecule is CCc1cc(C)c(C(=O)NC2(C(=O)[O-])CC(O)C2)o1.[K+]. The van der Waals surface area contributed by atoms with Crippen molar-refractivity contribution in [2.75, 3.05) is 0 Å². The van der Waals surface area contributed by atoms with Gasteiger partial charge in [0.1, 0.15) is 5.76 Å². The molecule has 20 heavy (non-hydrogen) atoms. The summed E-state index contributed by atoms with van der Waals surface area (Å²) < 4.78 is 5.36. The zero-order valence-corrected chi connectivity index (χ0v) is 15.0. The number of furan rings is 1. The van der Waals surface area contributed by atoms with Crippen molar-refractivity contribution in [3.63, 3.8) is 0 Å². The average molecular weight is 305 g/mol. The minimum absolute atomic E-state index is 0. The molecule has 0 unspecified atom stereocenters. The Morgan fingerprint density at radius 2 is 2.15 bits per heavy atom. The van der Waals surface area contributed by atoms with Gasteiger partial charge in [-0.05, 0) is 13.0 Å². The van der Waals surface area contributed by atoms with Crippen molar-refractivity contribution >= 4 is 11.9 Å². The first kappa shape index (κ1) is 17.9. The molecule has 2 rings (SSSR count). The number of nitrogens with one attached hydrogen (secondary N) is 1. The summed E-state index contributed by atoms with van der Waals surface area (Å²) in [6.45, 7) is 3.61. The number of hydrogen-bond donors (Lipinski definition) is 2. The molecule has 1 fully saturated rings. The van der Waals surface area contributed by atoms with Gasteiger partial charge in [0.05, 0.1) is 17.6 Å². The van der Waals surface area contributed by atoms with Crippen LogP contribution in [0.1, 0.15) is 41.6 Å². The Hall–Kier alpha value is -0.184. The molecule has 0 aromatic carbocycles. The predicted octanol–water partition coefficient (Wildman–Crippen LogP) is -3.47. The molecule has 7 heteroatoms. The van der Waals surface area contributed by atoms with Crippen LogP contribution in [0.5, 0.6) is 0 Å². The molecule has 0 atom stereocenters. The second-order valence-corrected chi connectivity index (χ2v) is 4.96. The molecule has 2 N–H and O–H groups in total. The summed E-state index contributed by atoms with van der Waals surface area (Å²) in [6, 6.07) is 1.75. The van der Waals surface area contributed by atoms with Gasteiger partial charge in [0.2, 0.25) is 0 Å². The number of carbonyl (C=O) groups is 2. The normalized spacial score (nSPS) is 24.4. The number of aliphatic carboxylic acids is 1. The molecule has 1 aromatic rings. The fourth-order valence-electron chi connectivity index (χ4n) is 2.29. The van der Waals surface area contributed by atoms with Gasteiger partial charge >= 0.3 is 51.4 Å². The number of rotatable bonds is 4. The van der Waals surface area contributed by atoms with Crippen LogP contribution in [0, 0.1) is 6.92 Å². The summed E-state index contributed by atoms with van der Waals surface area (Å²) in [5, 5.41) is 22.7. The van der Waals surface area contributed by atoms with Gasteiger partial charge < -0.3 is 24.7 Å². The summed E-state index contributed by atoms with van der Waals surface area (Å²) in [4.78, 5) is 23.1. The quantitative estimate of drug-likeness (QED) is 0.563.